The molecule has 0 radical (unpaired) electrons. The fraction of sp³-hybridized carbons (Fsp3) is 0.333. The molecule has 0 spiro atoms. The molecule has 1 aromatic rings. The van der Waals surface area contributed by atoms with Crippen LogP contribution in [0.4, 0.5) is 5.69 Å². The van der Waals surface area contributed by atoms with Gasteiger partial charge in [-0.15, -0.1) is 11.6 Å². The Hall–Kier alpha value is -0.480. The Morgan fingerprint density at radius 2 is 1.93 bits per heavy atom. The molecule has 1 rings (SSSR count). The highest BCUT2D eigenvalue weighted by atomic mass is 35.5. The Balaban J connectivity index is 2.94. The fourth-order valence-corrected chi connectivity index (χ4v) is 1.53. The van der Waals surface area contributed by atoms with Crippen molar-refractivity contribution >= 4 is 28.9 Å². The zero-order valence-corrected chi connectivity index (χ0v) is 8.83. The van der Waals surface area contributed by atoms with E-state index < -0.39 is 12.2 Å². The van der Waals surface area contributed by atoms with Crippen LogP contribution in [0.5, 0.6) is 0 Å². The summed E-state index contributed by atoms with van der Waals surface area (Å²) in [6.45, 7) is 0. The zero-order valence-electron chi connectivity index (χ0n) is 7.32. The minimum Gasteiger partial charge on any atom is -0.399 e. The van der Waals surface area contributed by atoms with Crippen LogP contribution >= 0.6 is 23.2 Å². The number of benzene rings is 1. The van der Waals surface area contributed by atoms with Crippen LogP contribution in [0.25, 0.3) is 0 Å². The Morgan fingerprint density at radius 3 is 2.43 bits per heavy atom. The largest absolute Gasteiger partial charge is 0.399 e. The van der Waals surface area contributed by atoms with E-state index in [1.165, 1.54) is 0 Å². The number of aliphatic hydroxyl groups excluding tert-OH is 2. The molecule has 0 aliphatic carbocycles. The predicted molar refractivity (Wildman–Crippen MR) is 57.6 cm³/mol. The van der Waals surface area contributed by atoms with Crippen LogP contribution in [-0.4, -0.2) is 22.2 Å². The number of aliphatic hydroxyl groups is 2. The maximum Gasteiger partial charge on any atom is 0.106 e. The summed E-state index contributed by atoms with van der Waals surface area (Å²) in [5.41, 5.74) is 6.43. The quantitative estimate of drug-likeness (QED) is 0.551. The Labute approximate surface area is 92.1 Å². The summed E-state index contributed by atoms with van der Waals surface area (Å²) >= 11 is 11.1. The third kappa shape index (κ3) is 2.75. The van der Waals surface area contributed by atoms with Gasteiger partial charge in [-0.1, -0.05) is 11.6 Å². The lowest BCUT2D eigenvalue weighted by Crippen LogP contribution is -2.19. The van der Waals surface area contributed by atoms with Crippen LogP contribution < -0.4 is 5.73 Å². The van der Waals surface area contributed by atoms with Gasteiger partial charge in [-0.25, -0.2) is 0 Å². The van der Waals surface area contributed by atoms with E-state index in [9.17, 15) is 10.2 Å². The number of nitrogen functional groups attached to an aromatic ring is 1. The van der Waals surface area contributed by atoms with E-state index in [4.69, 9.17) is 28.9 Å². The van der Waals surface area contributed by atoms with Crippen molar-refractivity contribution < 1.29 is 10.2 Å². The number of anilines is 1. The van der Waals surface area contributed by atoms with E-state index in [1.807, 2.05) is 0 Å². The summed E-state index contributed by atoms with van der Waals surface area (Å²) in [6, 6.07) is 4.65. The van der Waals surface area contributed by atoms with Crippen LogP contribution in [-0.2, 0) is 0 Å². The van der Waals surface area contributed by atoms with Crippen LogP contribution in [0.2, 0.25) is 5.02 Å². The first-order valence-electron chi connectivity index (χ1n) is 4.02. The summed E-state index contributed by atoms with van der Waals surface area (Å²) in [5.74, 6) is -0.0480. The molecule has 0 amide bonds. The van der Waals surface area contributed by atoms with Gasteiger partial charge in [0.05, 0.1) is 12.0 Å². The highest BCUT2D eigenvalue weighted by Gasteiger charge is 2.17. The molecule has 3 nitrogen and oxygen atoms in total. The van der Waals surface area contributed by atoms with Crippen LogP contribution in [0.1, 0.15) is 11.7 Å². The number of hydrogen-bond donors (Lipinski definition) is 3. The first kappa shape index (κ1) is 11.6. The van der Waals surface area contributed by atoms with Gasteiger partial charge in [-0.05, 0) is 23.8 Å². The smallest absolute Gasteiger partial charge is 0.106 e. The maximum atomic E-state index is 9.59. The molecular weight excluding hydrogens is 225 g/mol. The molecule has 2 atom stereocenters. The molecule has 5 heteroatoms. The van der Waals surface area contributed by atoms with Crippen molar-refractivity contribution in [3.8, 4) is 0 Å². The van der Waals surface area contributed by atoms with Gasteiger partial charge in [0.25, 0.3) is 0 Å². The summed E-state index contributed by atoms with van der Waals surface area (Å²) < 4.78 is 0. The molecule has 0 saturated carbocycles. The first-order valence-corrected chi connectivity index (χ1v) is 4.94. The SMILES string of the molecule is Nc1cc(Cl)cc(C(O)C(O)CCl)c1. The van der Waals surface area contributed by atoms with Crippen molar-refractivity contribution in [3.63, 3.8) is 0 Å². The Bertz CT molecular complexity index is 299. The second kappa shape index (κ2) is 4.84. The van der Waals surface area contributed by atoms with E-state index in [-0.39, 0.29) is 5.88 Å². The molecule has 1 aromatic carbocycles. The lowest BCUT2D eigenvalue weighted by atomic mass is 10.0. The second-order valence-electron chi connectivity index (χ2n) is 2.98. The lowest BCUT2D eigenvalue weighted by Gasteiger charge is -2.16. The van der Waals surface area contributed by atoms with E-state index in [0.29, 0.717) is 16.3 Å². The third-order valence-corrected chi connectivity index (χ3v) is 2.34. The predicted octanol–water partition coefficient (Wildman–Crippen LogP) is 1.56. The van der Waals surface area contributed by atoms with Crippen LogP contribution in [0.15, 0.2) is 18.2 Å². The summed E-state index contributed by atoms with van der Waals surface area (Å²) in [5, 5.41) is 19.3. The molecule has 0 bridgehead atoms. The summed E-state index contributed by atoms with van der Waals surface area (Å²) in [7, 11) is 0. The van der Waals surface area contributed by atoms with Crippen molar-refractivity contribution in [1.29, 1.82) is 0 Å². The van der Waals surface area contributed by atoms with Crippen molar-refractivity contribution in [1.82, 2.24) is 0 Å². The van der Waals surface area contributed by atoms with E-state index in [1.54, 1.807) is 18.2 Å². The highest BCUT2D eigenvalue weighted by molar-refractivity contribution is 6.30. The van der Waals surface area contributed by atoms with Crippen LogP contribution in [0.3, 0.4) is 0 Å². The standard InChI is InChI=1S/C9H11Cl2NO2/c10-4-8(13)9(14)5-1-6(11)3-7(12)2-5/h1-3,8-9,13-14H,4,12H2. The molecule has 78 valence electrons. The van der Waals surface area contributed by atoms with Gasteiger partial charge in [0.2, 0.25) is 0 Å². The number of hydrogen-bond acceptors (Lipinski definition) is 3. The van der Waals surface area contributed by atoms with Crippen molar-refractivity contribution in [2.45, 2.75) is 12.2 Å². The number of rotatable bonds is 3. The summed E-state index contributed by atoms with van der Waals surface area (Å²) in [6.07, 6.45) is -2.08. The lowest BCUT2D eigenvalue weighted by molar-refractivity contribution is 0.0327. The van der Waals surface area contributed by atoms with Crippen molar-refractivity contribution in [3.05, 3.63) is 28.8 Å². The van der Waals surface area contributed by atoms with Crippen LogP contribution in [0, 0.1) is 0 Å². The third-order valence-electron chi connectivity index (χ3n) is 1.81. The topological polar surface area (TPSA) is 66.5 Å². The van der Waals surface area contributed by atoms with E-state index >= 15 is 0 Å². The minimum absolute atomic E-state index is 0.0480. The van der Waals surface area contributed by atoms with Gasteiger partial charge >= 0.3 is 0 Å². The van der Waals surface area contributed by atoms with Crippen molar-refractivity contribution in [2.75, 3.05) is 11.6 Å². The molecule has 2 unspecified atom stereocenters. The Morgan fingerprint density at radius 1 is 1.29 bits per heavy atom. The number of halogens is 2. The summed E-state index contributed by atoms with van der Waals surface area (Å²) in [4.78, 5) is 0. The molecule has 4 N–H and O–H groups in total. The first-order chi connectivity index (χ1) is 6.54. The second-order valence-corrected chi connectivity index (χ2v) is 3.73. The van der Waals surface area contributed by atoms with Gasteiger partial charge in [-0.3, -0.25) is 0 Å². The zero-order chi connectivity index (χ0) is 10.7. The molecule has 0 saturated heterocycles. The normalized spacial score (nSPS) is 15.1. The maximum absolute atomic E-state index is 9.59. The fourth-order valence-electron chi connectivity index (χ4n) is 1.11. The van der Waals surface area contributed by atoms with E-state index in [2.05, 4.69) is 0 Å². The average Bonchev–Trinajstić information content (AvgIpc) is 2.14. The van der Waals surface area contributed by atoms with Gasteiger partial charge < -0.3 is 15.9 Å². The molecule has 0 fully saturated rings. The Kier molecular flexibility index (Phi) is 4.01. The molecule has 14 heavy (non-hydrogen) atoms. The van der Waals surface area contributed by atoms with E-state index in [0.717, 1.165) is 0 Å². The molecular formula is C9H11Cl2NO2. The van der Waals surface area contributed by atoms with Gasteiger partial charge in [-0.2, -0.15) is 0 Å². The molecule has 0 aromatic heterocycles. The average molecular weight is 236 g/mol. The van der Waals surface area contributed by atoms with Gasteiger partial charge in [0, 0.05) is 10.7 Å². The molecule has 0 heterocycles. The number of alkyl halides is 1. The van der Waals surface area contributed by atoms with Gasteiger partial charge in [0.15, 0.2) is 0 Å². The monoisotopic (exact) mass is 235 g/mol. The van der Waals surface area contributed by atoms with Crippen molar-refractivity contribution in [2.24, 2.45) is 0 Å². The highest BCUT2D eigenvalue weighted by Crippen LogP contribution is 2.24. The minimum atomic E-state index is -1.06. The van der Waals surface area contributed by atoms with Gasteiger partial charge in [0.1, 0.15) is 6.10 Å². The number of nitrogens with two attached hydrogens (primary N) is 1. The molecule has 0 aliphatic heterocycles. The molecule has 0 aliphatic rings.